The maximum Gasteiger partial charge on any atom is 0.280 e. The lowest BCUT2D eigenvalue weighted by Gasteiger charge is -2.05. The molecule has 0 aliphatic heterocycles. The molecule has 35 heavy (non-hydrogen) atoms. The van der Waals surface area contributed by atoms with E-state index in [1.165, 1.54) is 27.8 Å². The summed E-state index contributed by atoms with van der Waals surface area (Å²) in [6.45, 7) is 2.39. The number of nitrogens with one attached hydrogen (secondary N) is 2. The van der Waals surface area contributed by atoms with Gasteiger partial charge in [0.2, 0.25) is 0 Å². The molecule has 0 fully saturated rings. The van der Waals surface area contributed by atoms with E-state index in [4.69, 9.17) is 9.73 Å². The molecule has 2 N–H and O–H groups in total. The Morgan fingerprint density at radius 1 is 1.03 bits per heavy atom. The van der Waals surface area contributed by atoms with Crippen molar-refractivity contribution in [2.75, 3.05) is 13.7 Å². The summed E-state index contributed by atoms with van der Waals surface area (Å²) in [5.41, 5.74) is 5.18. The lowest BCUT2D eigenvalue weighted by Crippen LogP contribution is -2.20. The number of rotatable bonds is 7. The van der Waals surface area contributed by atoms with Gasteiger partial charge in [-0.05, 0) is 73.5 Å². The number of nitrogens with zero attached hydrogens (tertiary/aromatic N) is 2. The summed E-state index contributed by atoms with van der Waals surface area (Å²) in [6, 6.07) is 21.4. The zero-order valence-corrected chi connectivity index (χ0v) is 19.5. The summed E-state index contributed by atoms with van der Waals surface area (Å²) in [4.78, 5) is 21.6. The fourth-order valence-corrected chi connectivity index (χ4v) is 4.27. The molecule has 0 bridgehead atoms. The van der Waals surface area contributed by atoms with Crippen LogP contribution in [-0.4, -0.2) is 34.1 Å². The second kappa shape index (κ2) is 9.46. The molecular formula is C28H25FN4O2. The van der Waals surface area contributed by atoms with E-state index in [2.05, 4.69) is 16.1 Å². The highest BCUT2D eigenvalue weighted by Gasteiger charge is 2.19. The Hall–Kier alpha value is -4.39. The fourth-order valence-electron chi connectivity index (χ4n) is 4.27. The molecule has 2 heterocycles. The lowest BCUT2D eigenvalue weighted by molar-refractivity contribution is 0.415. The smallest absolute Gasteiger partial charge is 0.280 e. The largest absolute Gasteiger partial charge is 0.497 e. The van der Waals surface area contributed by atoms with Crippen molar-refractivity contribution in [2.45, 2.75) is 13.3 Å². The van der Waals surface area contributed by atoms with Gasteiger partial charge < -0.3 is 9.72 Å². The van der Waals surface area contributed by atoms with E-state index in [1.54, 1.807) is 19.2 Å². The molecule has 5 rings (SSSR count). The van der Waals surface area contributed by atoms with Crippen molar-refractivity contribution in [3.63, 3.8) is 0 Å². The molecule has 0 spiro atoms. The van der Waals surface area contributed by atoms with Gasteiger partial charge in [0.25, 0.3) is 5.56 Å². The number of fused-ring (bicyclic) bond motifs is 1. The molecule has 0 saturated heterocycles. The third-order valence-corrected chi connectivity index (χ3v) is 6.12. The van der Waals surface area contributed by atoms with Crippen LogP contribution in [0.25, 0.3) is 27.8 Å². The average Bonchev–Trinajstić information content (AvgIpc) is 3.45. The number of methoxy groups -OCH3 is 1. The van der Waals surface area contributed by atoms with Gasteiger partial charge in [-0.2, -0.15) is 0 Å². The average molecular weight is 469 g/mol. The van der Waals surface area contributed by atoms with E-state index >= 15 is 0 Å². The van der Waals surface area contributed by atoms with Crippen LogP contribution in [0.1, 0.15) is 18.1 Å². The number of benzene rings is 3. The molecule has 0 radical (unpaired) electrons. The molecule has 0 aliphatic carbocycles. The Balaban J connectivity index is 1.52. The van der Waals surface area contributed by atoms with Gasteiger partial charge in [-0.3, -0.25) is 14.9 Å². The molecule has 5 aromatic rings. The highest BCUT2D eigenvalue weighted by molar-refractivity contribution is 6.03. The van der Waals surface area contributed by atoms with Crippen LogP contribution in [-0.2, 0) is 6.42 Å². The molecule has 0 unspecified atom stereocenters. The maximum atomic E-state index is 13.5. The van der Waals surface area contributed by atoms with E-state index in [0.717, 1.165) is 23.3 Å². The van der Waals surface area contributed by atoms with Crippen LogP contribution in [0.3, 0.4) is 0 Å². The van der Waals surface area contributed by atoms with Gasteiger partial charge in [-0.25, -0.2) is 9.07 Å². The van der Waals surface area contributed by atoms with Crippen molar-refractivity contribution in [1.29, 1.82) is 0 Å². The van der Waals surface area contributed by atoms with Crippen molar-refractivity contribution in [2.24, 2.45) is 4.99 Å². The van der Waals surface area contributed by atoms with Crippen molar-refractivity contribution in [3.8, 4) is 22.7 Å². The number of aromatic nitrogens is 3. The molecule has 3 aromatic carbocycles. The number of ether oxygens (including phenoxy) is 1. The Bertz CT molecular complexity index is 1560. The highest BCUT2D eigenvalue weighted by atomic mass is 19.1. The van der Waals surface area contributed by atoms with E-state index < -0.39 is 0 Å². The molecule has 0 saturated carbocycles. The summed E-state index contributed by atoms with van der Waals surface area (Å²) < 4.78 is 20.2. The van der Waals surface area contributed by atoms with Crippen LogP contribution in [0.4, 0.5) is 4.39 Å². The molecule has 176 valence electrons. The van der Waals surface area contributed by atoms with Gasteiger partial charge >= 0.3 is 0 Å². The number of para-hydroxylation sites is 1. The summed E-state index contributed by atoms with van der Waals surface area (Å²) in [6.07, 6.45) is 2.76. The van der Waals surface area contributed by atoms with E-state index in [1.807, 2.05) is 55.6 Å². The number of aliphatic imine (C=N–C) groups is 1. The van der Waals surface area contributed by atoms with Crippen molar-refractivity contribution in [1.82, 2.24) is 14.8 Å². The Morgan fingerprint density at radius 3 is 2.51 bits per heavy atom. The van der Waals surface area contributed by atoms with E-state index in [9.17, 15) is 9.18 Å². The van der Waals surface area contributed by atoms with Crippen molar-refractivity contribution in [3.05, 3.63) is 106 Å². The van der Waals surface area contributed by atoms with Crippen molar-refractivity contribution < 1.29 is 9.13 Å². The minimum atomic E-state index is -0.362. The molecular weight excluding hydrogens is 443 g/mol. The van der Waals surface area contributed by atoms with E-state index in [-0.39, 0.29) is 11.4 Å². The normalized spacial score (nSPS) is 11.8. The number of halogens is 1. The standard InChI is InChI=1S/C28H25FN4O2/c1-18(30-16-15-20-17-31-25-6-4-3-5-24(20)25)26-27(19-7-13-23(35-2)14-8-19)32-33(28(26)34)22-11-9-21(29)10-12-22/h3-14,17,31-32H,15-16H2,1-2H3. The molecule has 7 heteroatoms. The van der Waals surface area contributed by atoms with Crippen LogP contribution in [0.5, 0.6) is 5.75 Å². The van der Waals surface area contributed by atoms with Gasteiger partial charge in [0.05, 0.1) is 24.1 Å². The van der Waals surface area contributed by atoms with Crippen LogP contribution in [0.15, 0.2) is 88.8 Å². The zero-order chi connectivity index (χ0) is 24.4. The Morgan fingerprint density at radius 2 is 1.77 bits per heavy atom. The first kappa shape index (κ1) is 22.4. The van der Waals surface area contributed by atoms with Gasteiger partial charge in [0.15, 0.2) is 0 Å². The molecule has 0 atom stereocenters. The second-order valence-electron chi connectivity index (χ2n) is 8.28. The number of H-pyrrole nitrogens is 2. The Labute approximate surface area is 201 Å². The summed E-state index contributed by atoms with van der Waals surface area (Å²) in [5, 5.41) is 4.38. The van der Waals surface area contributed by atoms with Crippen LogP contribution < -0.4 is 10.3 Å². The third-order valence-electron chi connectivity index (χ3n) is 6.12. The maximum absolute atomic E-state index is 13.5. The first-order valence-electron chi connectivity index (χ1n) is 11.4. The minimum Gasteiger partial charge on any atom is -0.497 e. The summed E-state index contributed by atoms with van der Waals surface area (Å²) >= 11 is 0. The fraction of sp³-hybridized carbons (Fsp3) is 0.143. The van der Waals surface area contributed by atoms with E-state index in [0.29, 0.717) is 29.2 Å². The number of hydrogen-bond donors (Lipinski definition) is 2. The molecule has 0 aliphatic rings. The topological polar surface area (TPSA) is 75.2 Å². The van der Waals surface area contributed by atoms with Gasteiger partial charge in [-0.15, -0.1) is 0 Å². The quantitative estimate of drug-likeness (QED) is 0.309. The predicted molar refractivity (Wildman–Crippen MR) is 137 cm³/mol. The number of hydrogen-bond acceptors (Lipinski definition) is 3. The van der Waals surface area contributed by atoms with Gasteiger partial charge in [-0.1, -0.05) is 18.2 Å². The summed E-state index contributed by atoms with van der Waals surface area (Å²) in [7, 11) is 1.61. The van der Waals surface area contributed by atoms with Crippen LogP contribution in [0, 0.1) is 5.82 Å². The van der Waals surface area contributed by atoms with Gasteiger partial charge in [0.1, 0.15) is 11.6 Å². The minimum absolute atomic E-state index is 0.240. The van der Waals surface area contributed by atoms with Gasteiger partial charge in [0, 0.05) is 34.9 Å². The zero-order valence-electron chi connectivity index (χ0n) is 19.5. The van der Waals surface area contributed by atoms with Crippen molar-refractivity contribution >= 4 is 16.6 Å². The van der Waals surface area contributed by atoms with Crippen LogP contribution >= 0.6 is 0 Å². The molecule has 2 aromatic heterocycles. The lowest BCUT2D eigenvalue weighted by atomic mass is 10.0. The molecule has 6 nitrogen and oxygen atoms in total. The van der Waals surface area contributed by atoms with Crippen LogP contribution in [0.2, 0.25) is 0 Å². The second-order valence-corrected chi connectivity index (χ2v) is 8.28. The third kappa shape index (κ3) is 4.40. The Kier molecular flexibility index (Phi) is 6.06. The first-order chi connectivity index (χ1) is 17.0. The summed E-state index contributed by atoms with van der Waals surface area (Å²) in [5.74, 6) is 0.360. The predicted octanol–water partition coefficient (Wildman–Crippen LogP) is 5.51. The first-order valence-corrected chi connectivity index (χ1v) is 11.4. The monoisotopic (exact) mass is 468 g/mol. The SMILES string of the molecule is COc1ccc(-c2[nH]n(-c3ccc(F)cc3)c(=O)c2C(C)=NCCc2c[nH]c3ccccc23)cc1. The highest BCUT2D eigenvalue weighted by Crippen LogP contribution is 2.24. The molecule has 0 amide bonds. The number of aromatic amines is 2.